The quantitative estimate of drug-likeness (QED) is 0.780. The molecule has 2 nitrogen and oxygen atoms in total. The summed E-state index contributed by atoms with van der Waals surface area (Å²) in [5.41, 5.74) is 2.98. The van der Waals surface area contributed by atoms with E-state index in [2.05, 4.69) is 18.8 Å². The van der Waals surface area contributed by atoms with Gasteiger partial charge in [-0.3, -0.25) is 4.98 Å². The number of aryl methyl sites for hydroxylation is 2. The summed E-state index contributed by atoms with van der Waals surface area (Å²) in [7, 11) is 0. The van der Waals surface area contributed by atoms with Gasteiger partial charge in [-0.2, -0.15) is 0 Å². The predicted octanol–water partition coefficient (Wildman–Crippen LogP) is 4.34. The molecule has 2 heteroatoms. The Morgan fingerprint density at radius 1 is 1.22 bits per heavy atom. The molecule has 1 N–H and O–H groups in total. The van der Waals surface area contributed by atoms with Crippen molar-refractivity contribution in [3.63, 3.8) is 0 Å². The van der Waals surface area contributed by atoms with E-state index in [-0.39, 0.29) is 6.10 Å². The molecule has 0 amide bonds. The number of unbranched alkanes of at least 4 members (excludes halogenated alkanes) is 1. The molecule has 0 aromatic carbocycles. The lowest BCUT2D eigenvalue weighted by Crippen LogP contribution is -2.09. The zero-order valence-corrected chi connectivity index (χ0v) is 12.2. The van der Waals surface area contributed by atoms with Crippen LogP contribution in [-0.4, -0.2) is 10.1 Å². The van der Waals surface area contributed by atoms with Gasteiger partial charge >= 0.3 is 0 Å². The molecule has 1 rings (SSSR count). The second-order valence-electron chi connectivity index (χ2n) is 5.30. The topological polar surface area (TPSA) is 33.1 Å². The first-order chi connectivity index (χ1) is 8.58. The van der Waals surface area contributed by atoms with Crippen molar-refractivity contribution in [3.05, 3.63) is 29.1 Å². The van der Waals surface area contributed by atoms with Crippen LogP contribution in [0.25, 0.3) is 0 Å². The molecule has 0 spiro atoms. The lowest BCUT2D eigenvalue weighted by Gasteiger charge is -2.20. The minimum absolute atomic E-state index is 0.361. The van der Waals surface area contributed by atoms with Gasteiger partial charge in [-0.15, -0.1) is 0 Å². The molecule has 0 fully saturated rings. The molecule has 0 aliphatic heterocycles. The number of hydrogen-bond acceptors (Lipinski definition) is 2. The second-order valence-corrected chi connectivity index (χ2v) is 5.30. The van der Waals surface area contributed by atoms with E-state index in [1.165, 1.54) is 19.3 Å². The van der Waals surface area contributed by atoms with Crippen molar-refractivity contribution in [2.45, 2.75) is 65.9 Å². The first-order valence-electron chi connectivity index (χ1n) is 7.20. The third-order valence-electron chi connectivity index (χ3n) is 3.72. The zero-order chi connectivity index (χ0) is 13.5. The van der Waals surface area contributed by atoms with E-state index < -0.39 is 0 Å². The van der Waals surface area contributed by atoms with E-state index in [0.29, 0.717) is 5.92 Å². The van der Waals surface area contributed by atoms with E-state index in [1.54, 1.807) is 0 Å². The van der Waals surface area contributed by atoms with Crippen LogP contribution in [0.2, 0.25) is 0 Å². The average molecular weight is 249 g/mol. The zero-order valence-electron chi connectivity index (χ0n) is 12.2. The van der Waals surface area contributed by atoms with Crippen molar-refractivity contribution in [2.75, 3.05) is 0 Å². The molecule has 1 aromatic rings. The lowest BCUT2D eigenvalue weighted by molar-refractivity contribution is 0.138. The normalized spacial score (nSPS) is 14.5. The molecule has 2 atom stereocenters. The molecule has 0 aliphatic rings. The molecule has 0 radical (unpaired) electrons. The summed E-state index contributed by atoms with van der Waals surface area (Å²) in [6.45, 7) is 8.41. The Kier molecular flexibility index (Phi) is 6.34. The van der Waals surface area contributed by atoms with E-state index in [1.807, 2.05) is 26.0 Å². The van der Waals surface area contributed by atoms with Gasteiger partial charge in [0.1, 0.15) is 0 Å². The number of aliphatic hydroxyl groups is 1. The molecule has 1 heterocycles. The average Bonchev–Trinajstić information content (AvgIpc) is 2.34. The van der Waals surface area contributed by atoms with Gasteiger partial charge in [0.25, 0.3) is 0 Å². The Balaban J connectivity index is 2.65. The van der Waals surface area contributed by atoms with Crippen LogP contribution < -0.4 is 0 Å². The van der Waals surface area contributed by atoms with Crippen LogP contribution in [0.1, 0.15) is 69.0 Å². The fraction of sp³-hybridized carbons (Fsp3) is 0.688. The van der Waals surface area contributed by atoms with Gasteiger partial charge < -0.3 is 5.11 Å². The van der Waals surface area contributed by atoms with E-state index in [0.717, 1.165) is 29.8 Å². The van der Waals surface area contributed by atoms with Crippen molar-refractivity contribution >= 4 is 0 Å². The predicted molar refractivity (Wildman–Crippen MR) is 76.6 cm³/mol. The van der Waals surface area contributed by atoms with Crippen LogP contribution in [0.4, 0.5) is 0 Å². The summed E-state index contributed by atoms with van der Waals surface area (Å²) < 4.78 is 0. The van der Waals surface area contributed by atoms with Crippen LogP contribution in [0.3, 0.4) is 0 Å². The van der Waals surface area contributed by atoms with Crippen LogP contribution >= 0.6 is 0 Å². The molecule has 1 aromatic heterocycles. The highest BCUT2D eigenvalue weighted by Gasteiger charge is 2.16. The first-order valence-corrected chi connectivity index (χ1v) is 7.20. The molecule has 2 unspecified atom stereocenters. The summed E-state index contributed by atoms with van der Waals surface area (Å²) in [5, 5.41) is 10.4. The number of aliphatic hydroxyl groups excluding tert-OH is 1. The number of rotatable bonds is 7. The van der Waals surface area contributed by atoms with Crippen LogP contribution in [0.5, 0.6) is 0 Å². The first kappa shape index (κ1) is 15.2. The molecule has 0 bridgehead atoms. The molecule has 102 valence electrons. The number of nitrogens with zero attached hydrogens (tertiary/aromatic N) is 1. The SMILES string of the molecule is CCCCC(CC)CC(O)c1ccc(C)nc1C. The summed E-state index contributed by atoms with van der Waals surface area (Å²) >= 11 is 0. The van der Waals surface area contributed by atoms with Crippen LogP contribution in [-0.2, 0) is 0 Å². The Hall–Kier alpha value is -0.890. The molecule has 0 aliphatic carbocycles. The van der Waals surface area contributed by atoms with Gasteiger partial charge in [-0.1, -0.05) is 45.6 Å². The fourth-order valence-corrected chi connectivity index (χ4v) is 2.47. The monoisotopic (exact) mass is 249 g/mol. The second kappa shape index (κ2) is 7.52. The number of aromatic nitrogens is 1. The maximum Gasteiger partial charge on any atom is 0.0810 e. The minimum atomic E-state index is -0.361. The van der Waals surface area contributed by atoms with Gasteiger partial charge in [-0.05, 0) is 32.3 Å². The summed E-state index contributed by atoms with van der Waals surface area (Å²) in [4.78, 5) is 4.43. The van der Waals surface area contributed by atoms with Gasteiger partial charge in [-0.25, -0.2) is 0 Å². The minimum Gasteiger partial charge on any atom is -0.388 e. The van der Waals surface area contributed by atoms with Gasteiger partial charge in [0.2, 0.25) is 0 Å². The highest BCUT2D eigenvalue weighted by molar-refractivity contribution is 5.23. The molecular formula is C16H27NO. The maximum absolute atomic E-state index is 10.4. The highest BCUT2D eigenvalue weighted by atomic mass is 16.3. The third kappa shape index (κ3) is 4.41. The van der Waals surface area contributed by atoms with E-state index in [4.69, 9.17) is 0 Å². The summed E-state index contributed by atoms with van der Waals surface area (Å²) in [6.07, 6.45) is 5.37. The maximum atomic E-state index is 10.4. The van der Waals surface area contributed by atoms with Crippen LogP contribution in [0, 0.1) is 19.8 Å². The van der Waals surface area contributed by atoms with Gasteiger partial charge in [0.05, 0.1) is 6.10 Å². The highest BCUT2D eigenvalue weighted by Crippen LogP contribution is 2.27. The summed E-state index contributed by atoms with van der Waals surface area (Å²) in [5.74, 6) is 0.626. The van der Waals surface area contributed by atoms with Crippen LogP contribution in [0.15, 0.2) is 12.1 Å². The Bertz CT molecular complexity index is 362. The largest absolute Gasteiger partial charge is 0.388 e. The van der Waals surface area contributed by atoms with Gasteiger partial charge in [0, 0.05) is 17.0 Å². The Labute approximate surface area is 111 Å². The van der Waals surface area contributed by atoms with E-state index >= 15 is 0 Å². The molecule has 18 heavy (non-hydrogen) atoms. The number of hydrogen-bond donors (Lipinski definition) is 1. The fourth-order valence-electron chi connectivity index (χ4n) is 2.47. The lowest BCUT2D eigenvalue weighted by atomic mass is 9.90. The summed E-state index contributed by atoms with van der Waals surface area (Å²) in [6, 6.07) is 4.01. The standard InChI is InChI=1S/C16H27NO/c1-5-7-8-14(6-2)11-16(18)15-10-9-12(3)17-13(15)4/h9-10,14,16,18H,5-8,11H2,1-4H3. The molecular weight excluding hydrogens is 222 g/mol. The van der Waals surface area contributed by atoms with Crippen molar-refractivity contribution in [3.8, 4) is 0 Å². The van der Waals surface area contributed by atoms with Crippen molar-refractivity contribution < 1.29 is 5.11 Å². The van der Waals surface area contributed by atoms with Crippen molar-refractivity contribution in [2.24, 2.45) is 5.92 Å². The van der Waals surface area contributed by atoms with Crippen molar-refractivity contribution in [1.29, 1.82) is 0 Å². The smallest absolute Gasteiger partial charge is 0.0810 e. The van der Waals surface area contributed by atoms with Gasteiger partial charge in [0.15, 0.2) is 0 Å². The van der Waals surface area contributed by atoms with Crippen molar-refractivity contribution in [1.82, 2.24) is 4.98 Å². The Morgan fingerprint density at radius 3 is 2.50 bits per heavy atom. The Morgan fingerprint density at radius 2 is 1.94 bits per heavy atom. The third-order valence-corrected chi connectivity index (χ3v) is 3.72. The molecule has 0 saturated heterocycles. The van der Waals surface area contributed by atoms with E-state index in [9.17, 15) is 5.11 Å². The molecule has 0 saturated carbocycles. The number of pyridine rings is 1.